The molecule has 132 valence electrons. The number of carbonyl (C=O) groups is 2. The Hall–Kier alpha value is -2.08. The number of hydrogen-bond acceptors (Lipinski definition) is 4. The van der Waals surface area contributed by atoms with Crippen molar-refractivity contribution in [2.45, 2.75) is 52.4 Å². The van der Waals surface area contributed by atoms with E-state index in [1.807, 2.05) is 13.8 Å². The van der Waals surface area contributed by atoms with Crippen molar-refractivity contribution in [1.82, 2.24) is 4.90 Å². The second-order valence-electron chi connectivity index (χ2n) is 7.17. The molecule has 1 fully saturated rings. The number of ether oxygens (including phenoxy) is 2. The average molecular weight is 334 g/mol. The summed E-state index contributed by atoms with van der Waals surface area (Å²) in [6.45, 7) is 10.5. The van der Waals surface area contributed by atoms with Gasteiger partial charge < -0.3 is 14.4 Å². The molecule has 0 unspecified atom stereocenters. The summed E-state index contributed by atoms with van der Waals surface area (Å²) in [4.78, 5) is 26.1. The number of benzene rings is 1. The summed E-state index contributed by atoms with van der Waals surface area (Å²) in [6.07, 6.45) is -0.450. The molecule has 1 N–H and O–H groups in total. The molecule has 2 atom stereocenters. The third-order valence-corrected chi connectivity index (χ3v) is 3.48. The van der Waals surface area contributed by atoms with Crippen LogP contribution in [0, 0.1) is 0 Å². The Morgan fingerprint density at radius 3 is 2.17 bits per heavy atom. The van der Waals surface area contributed by atoms with Gasteiger partial charge in [0.1, 0.15) is 5.60 Å². The maximum absolute atomic E-state index is 12.6. The van der Waals surface area contributed by atoms with E-state index >= 15 is 0 Å². The number of carbonyl (C=O) groups excluding carboxylic acids is 2. The SMILES string of the molecule is C[C@@H]1CN(C(=O)c2ccc(NC(=O)OC(C)(C)C)cc2)C[C@H](C)O1. The zero-order valence-electron chi connectivity index (χ0n) is 15.0. The first kappa shape index (κ1) is 18.3. The summed E-state index contributed by atoms with van der Waals surface area (Å²) in [5, 5.41) is 2.65. The van der Waals surface area contributed by atoms with Gasteiger partial charge in [0.05, 0.1) is 12.2 Å². The summed E-state index contributed by atoms with van der Waals surface area (Å²) in [5.41, 5.74) is 0.625. The van der Waals surface area contributed by atoms with Gasteiger partial charge in [-0.2, -0.15) is 0 Å². The third-order valence-electron chi connectivity index (χ3n) is 3.48. The van der Waals surface area contributed by atoms with Gasteiger partial charge in [-0.25, -0.2) is 4.79 Å². The molecule has 1 aliphatic rings. The van der Waals surface area contributed by atoms with Crippen LogP contribution in [0.25, 0.3) is 0 Å². The van der Waals surface area contributed by atoms with Gasteiger partial charge in [0.2, 0.25) is 0 Å². The molecule has 0 bridgehead atoms. The molecule has 0 radical (unpaired) electrons. The molecule has 24 heavy (non-hydrogen) atoms. The molecule has 0 aromatic heterocycles. The van der Waals surface area contributed by atoms with Gasteiger partial charge in [-0.1, -0.05) is 0 Å². The number of rotatable bonds is 2. The largest absolute Gasteiger partial charge is 0.444 e. The Kier molecular flexibility index (Phi) is 5.49. The summed E-state index contributed by atoms with van der Waals surface area (Å²) < 4.78 is 10.8. The van der Waals surface area contributed by atoms with Crippen LogP contribution in [0.4, 0.5) is 10.5 Å². The van der Waals surface area contributed by atoms with E-state index in [0.717, 1.165) is 0 Å². The van der Waals surface area contributed by atoms with Crippen LogP contribution in [0.5, 0.6) is 0 Å². The first-order valence-corrected chi connectivity index (χ1v) is 8.19. The van der Waals surface area contributed by atoms with Crippen LogP contribution < -0.4 is 5.32 Å². The fourth-order valence-corrected chi connectivity index (χ4v) is 2.64. The second kappa shape index (κ2) is 7.21. The maximum Gasteiger partial charge on any atom is 0.412 e. The number of anilines is 1. The normalized spacial score (nSPS) is 21.3. The summed E-state index contributed by atoms with van der Waals surface area (Å²) in [6, 6.07) is 6.81. The van der Waals surface area contributed by atoms with Crippen molar-refractivity contribution in [3.8, 4) is 0 Å². The molecular weight excluding hydrogens is 308 g/mol. The number of hydrogen-bond donors (Lipinski definition) is 1. The van der Waals surface area contributed by atoms with E-state index in [2.05, 4.69) is 5.32 Å². The molecule has 1 aromatic carbocycles. The minimum absolute atomic E-state index is 0.0270. The Bertz CT molecular complexity index is 582. The molecular formula is C18H26N2O4. The van der Waals surface area contributed by atoms with E-state index in [4.69, 9.17) is 9.47 Å². The highest BCUT2D eigenvalue weighted by atomic mass is 16.6. The van der Waals surface area contributed by atoms with Crippen LogP contribution in [0.2, 0.25) is 0 Å². The molecule has 0 aliphatic carbocycles. The van der Waals surface area contributed by atoms with Gasteiger partial charge in [0, 0.05) is 24.3 Å². The van der Waals surface area contributed by atoms with Crippen molar-refractivity contribution in [3.63, 3.8) is 0 Å². The maximum atomic E-state index is 12.6. The Balaban J connectivity index is 1.98. The lowest BCUT2D eigenvalue weighted by atomic mass is 10.1. The van der Waals surface area contributed by atoms with Crippen LogP contribution >= 0.6 is 0 Å². The van der Waals surface area contributed by atoms with E-state index in [1.165, 1.54) is 0 Å². The number of nitrogens with zero attached hydrogens (tertiary/aromatic N) is 1. The predicted molar refractivity (Wildman–Crippen MR) is 92.2 cm³/mol. The summed E-state index contributed by atoms with van der Waals surface area (Å²) in [5.74, 6) is -0.0270. The van der Waals surface area contributed by atoms with Gasteiger partial charge >= 0.3 is 6.09 Å². The van der Waals surface area contributed by atoms with Crippen molar-refractivity contribution in [3.05, 3.63) is 29.8 Å². The molecule has 1 aliphatic heterocycles. The third kappa shape index (κ3) is 5.23. The lowest BCUT2D eigenvalue weighted by Crippen LogP contribution is -2.48. The molecule has 1 aromatic rings. The topological polar surface area (TPSA) is 67.9 Å². The highest BCUT2D eigenvalue weighted by Gasteiger charge is 2.26. The van der Waals surface area contributed by atoms with E-state index in [9.17, 15) is 9.59 Å². The average Bonchev–Trinajstić information content (AvgIpc) is 2.44. The van der Waals surface area contributed by atoms with Crippen LogP contribution in [0.15, 0.2) is 24.3 Å². The Morgan fingerprint density at radius 1 is 1.12 bits per heavy atom. The van der Waals surface area contributed by atoms with E-state index in [1.54, 1.807) is 49.9 Å². The molecule has 2 amide bonds. The van der Waals surface area contributed by atoms with Crippen LogP contribution in [0.3, 0.4) is 0 Å². The van der Waals surface area contributed by atoms with E-state index in [-0.39, 0.29) is 18.1 Å². The molecule has 0 spiro atoms. The molecule has 6 heteroatoms. The van der Waals surface area contributed by atoms with Crippen molar-refractivity contribution in [2.24, 2.45) is 0 Å². The van der Waals surface area contributed by atoms with Crippen LogP contribution in [0.1, 0.15) is 45.0 Å². The first-order valence-electron chi connectivity index (χ1n) is 8.19. The first-order chi connectivity index (χ1) is 11.1. The zero-order chi connectivity index (χ0) is 17.9. The highest BCUT2D eigenvalue weighted by Crippen LogP contribution is 2.17. The van der Waals surface area contributed by atoms with Gasteiger partial charge in [-0.05, 0) is 58.9 Å². The molecule has 2 rings (SSSR count). The number of nitrogens with one attached hydrogen (secondary N) is 1. The van der Waals surface area contributed by atoms with Crippen molar-refractivity contribution < 1.29 is 19.1 Å². The lowest BCUT2D eigenvalue weighted by Gasteiger charge is -2.35. The summed E-state index contributed by atoms with van der Waals surface area (Å²) >= 11 is 0. The fraction of sp³-hybridized carbons (Fsp3) is 0.556. The van der Waals surface area contributed by atoms with Crippen molar-refractivity contribution >= 4 is 17.7 Å². The van der Waals surface area contributed by atoms with E-state index < -0.39 is 11.7 Å². The number of amides is 2. The fourth-order valence-electron chi connectivity index (χ4n) is 2.64. The molecule has 1 saturated heterocycles. The number of morpholine rings is 1. The lowest BCUT2D eigenvalue weighted by molar-refractivity contribution is -0.0586. The zero-order valence-corrected chi connectivity index (χ0v) is 15.0. The van der Waals surface area contributed by atoms with Gasteiger partial charge in [0.25, 0.3) is 5.91 Å². The molecule has 6 nitrogen and oxygen atoms in total. The molecule has 1 heterocycles. The predicted octanol–water partition coefficient (Wildman–Crippen LogP) is 3.28. The Labute approximate surface area is 143 Å². The van der Waals surface area contributed by atoms with Crippen LogP contribution in [-0.4, -0.2) is 47.8 Å². The van der Waals surface area contributed by atoms with E-state index in [0.29, 0.717) is 24.3 Å². The second-order valence-corrected chi connectivity index (χ2v) is 7.17. The van der Waals surface area contributed by atoms with Crippen LogP contribution in [-0.2, 0) is 9.47 Å². The van der Waals surface area contributed by atoms with Crippen molar-refractivity contribution in [1.29, 1.82) is 0 Å². The quantitative estimate of drug-likeness (QED) is 0.901. The van der Waals surface area contributed by atoms with Gasteiger partial charge in [-0.15, -0.1) is 0 Å². The summed E-state index contributed by atoms with van der Waals surface area (Å²) in [7, 11) is 0. The minimum Gasteiger partial charge on any atom is -0.444 e. The monoisotopic (exact) mass is 334 g/mol. The standard InChI is InChI=1S/C18H26N2O4/c1-12-10-20(11-13(2)23-12)16(21)14-6-8-15(9-7-14)19-17(22)24-18(3,4)5/h6-9,12-13H,10-11H2,1-5H3,(H,19,22)/t12-,13+. The minimum atomic E-state index is -0.552. The Morgan fingerprint density at radius 2 is 1.67 bits per heavy atom. The highest BCUT2D eigenvalue weighted by molar-refractivity contribution is 5.95. The molecule has 0 saturated carbocycles. The smallest absolute Gasteiger partial charge is 0.412 e. The van der Waals surface area contributed by atoms with Gasteiger partial charge in [-0.3, -0.25) is 10.1 Å². The van der Waals surface area contributed by atoms with Gasteiger partial charge in [0.15, 0.2) is 0 Å². The van der Waals surface area contributed by atoms with Crippen molar-refractivity contribution in [2.75, 3.05) is 18.4 Å².